The number of benzene rings is 2. The molecular weight excluding hydrogens is 379 g/mol. The Morgan fingerprint density at radius 1 is 1.11 bits per heavy atom. The summed E-state index contributed by atoms with van der Waals surface area (Å²) < 4.78 is 18.9. The van der Waals surface area contributed by atoms with E-state index in [9.17, 15) is 9.18 Å². The van der Waals surface area contributed by atoms with Crippen LogP contribution < -0.4 is 0 Å². The van der Waals surface area contributed by atoms with Gasteiger partial charge in [0.25, 0.3) is 5.91 Å². The number of pyridine rings is 1. The van der Waals surface area contributed by atoms with E-state index in [0.717, 1.165) is 16.8 Å². The predicted molar refractivity (Wildman–Crippen MR) is 106 cm³/mol. The molecule has 0 unspecified atom stereocenters. The van der Waals surface area contributed by atoms with Crippen molar-refractivity contribution in [1.29, 1.82) is 0 Å². The van der Waals surface area contributed by atoms with Crippen molar-refractivity contribution in [2.45, 2.75) is 6.10 Å². The summed E-state index contributed by atoms with van der Waals surface area (Å²) in [6.45, 7) is 1.32. The molecule has 1 aromatic heterocycles. The predicted octanol–water partition coefficient (Wildman–Crippen LogP) is 4.75. The van der Waals surface area contributed by atoms with Gasteiger partial charge in [-0.05, 0) is 48.0 Å². The molecule has 1 saturated heterocycles. The maximum Gasteiger partial charge on any atom is 0.254 e. The van der Waals surface area contributed by atoms with Gasteiger partial charge in [-0.25, -0.2) is 4.39 Å². The van der Waals surface area contributed by atoms with Crippen LogP contribution in [0.25, 0.3) is 11.1 Å². The van der Waals surface area contributed by atoms with Crippen LogP contribution in [0.15, 0.2) is 66.9 Å². The smallest absolute Gasteiger partial charge is 0.254 e. The number of carbonyl (C=O) groups excluding carboxylic acids is 1. The lowest BCUT2D eigenvalue weighted by atomic mass is 10.1. The molecule has 3 aromatic rings. The first-order chi connectivity index (χ1) is 13.6. The monoisotopic (exact) mass is 396 g/mol. The second-order valence-corrected chi connectivity index (χ2v) is 7.04. The van der Waals surface area contributed by atoms with Crippen molar-refractivity contribution >= 4 is 17.5 Å². The highest BCUT2D eigenvalue weighted by Crippen LogP contribution is 2.26. The molecule has 1 fully saturated rings. The van der Waals surface area contributed by atoms with Crippen LogP contribution in [0.1, 0.15) is 22.2 Å². The lowest BCUT2D eigenvalue weighted by Crippen LogP contribution is -2.42. The van der Waals surface area contributed by atoms with Crippen molar-refractivity contribution in [3.05, 3.63) is 89.0 Å². The van der Waals surface area contributed by atoms with Gasteiger partial charge >= 0.3 is 0 Å². The summed E-state index contributed by atoms with van der Waals surface area (Å²) in [5.74, 6) is -0.496. The number of carbonyl (C=O) groups is 1. The number of ether oxygens (including phenoxy) is 1. The van der Waals surface area contributed by atoms with E-state index in [4.69, 9.17) is 16.3 Å². The Morgan fingerprint density at radius 3 is 2.64 bits per heavy atom. The molecule has 0 saturated carbocycles. The number of amides is 1. The van der Waals surface area contributed by atoms with Crippen LogP contribution in [-0.4, -0.2) is 35.5 Å². The molecule has 0 N–H and O–H groups in total. The topological polar surface area (TPSA) is 42.4 Å². The van der Waals surface area contributed by atoms with Crippen LogP contribution in [0, 0.1) is 5.82 Å². The van der Waals surface area contributed by atoms with Gasteiger partial charge in [0, 0.05) is 28.9 Å². The summed E-state index contributed by atoms with van der Waals surface area (Å²) in [5, 5.41) is 0.673. The molecule has 0 aliphatic carbocycles. The third kappa shape index (κ3) is 4.06. The highest BCUT2D eigenvalue weighted by molar-refractivity contribution is 6.30. The standard InChI is InChI=1S/C22H18ClFN2O2/c23-18-3-1-2-16(12-18)17-6-9-20(25-13-17)21-14-26(10-11-28-21)22(27)15-4-7-19(24)8-5-15/h1-9,12-13,21H,10-11,14H2/t21-/m0/s1. The fraction of sp³-hybridized carbons (Fsp3) is 0.182. The van der Waals surface area contributed by atoms with E-state index < -0.39 is 0 Å². The lowest BCUT2D eigenvalue weighted by molar-refractivity contribution is -0.0247. The molecule has 0 spiro atoms. The summed E-state index contributed by atoms with van der Waals surface area (Å²) in [6.07, 6.45) is 1.48. The fourth-order valence-electron chi connectivity index (χ4n) is 3.22. The van der Waals surface area contributed by atoms with Gasteiger partial charge in [0.1, 0.15) is 11.9 Å². The number of halogens is 2. The number of hydrogen-bond acceptors (Lipinski definition) is 3. The van der Waals surface area contributed by atoms with E-state index in [-0.39, 0.29) is 17.8 Å². The Balaban J connectivity index is 1.48. The average molecular weight is 397 g/mol. The molecule has 142 valence electrons. The zero-order valence-electron chi connectivity index (χ0n) is 15.0. The summed E-state index contributed by atoms with van der Waals surface area (Å²) >= 11 is 6.05. The van der Waals surface area contributed by atoms with Crippen LogP contribution in [0.3, 0.4) is 0 Å². The molecule has 1 aliphatic rings. The van der Waals surface area contributed by atoms with Crippen molar-refractivity contribution in [2.24, 2.45) is 0 Å². The van der Waals surface area contributed by atoms with Crippen LogP contribution >= 0.6 is 11.6 Å². The number of hydrogen-bond donors (Lipinski definition) is 0. The third-order valence-electron chi connectivity index (χ3n) is 4.72. The van der Waals surface area contributed by atoms with Crippen molar-refractivity contribution < 1.29 is 13.9 Å². The number of morpholine rings is 1. The quantitative estimate of drug-likeness (QED) is 0.641. The molecule has 4 nitrogen and oxygen atoms in total. The second-order valence-electron chi connectivity index (χ2n) is 6.60. The van der Waals surface area contributed by atoms with Gasteiger partial charge in [-0.3, -0.25) is 9.78 Å². The van der Waals surface area contributed by atoms with Crippen LogP contribution in [0.4, 0.5) is 4.39 Å². The van der Waals surface area contributed by atoms with Gasteiger partial charge < -0.3 is 9.64 Å². The summed E-state index contributed by atoms with van der Waals surface area (Å²) in [4.78, 5) is 18.9. The van der Waals surface area contributed by atoms with Gasteiger partial charge in [-0.1, -0.05) is 29.8 Å². The highest BCUT2D eigenvalue weighted by atomic mass is 35.5. The minimum Gasteiger partial charge on any atom is -0.368 e. The van der Waals surface area contributed by atoms with E-state index in [1.54, 1.807) is 11.1 Å². The summed E-state index contributed by atoms with van der Waals surface area (Å²) in [7, 11) is 0. The lowest BCUT2D eigenvalue weighted by Gasteiger charge is -2.32. The molecule has 28 heavy (non-hydrogen) atoms. The first-order valence-corrected chi connectivity index (χ1v) is 9.36. The van der Waals surface area contributed by atoms with Crippen molar-refractivity contribution in [1.82, 2.24) is 9.88 Å². The highest BCUT2D eigenvalue weighted by Gasteiger charge is 2.27. The zero-order chi connectivity index (χ0) is 19.5. The zero-order valence-corrected chi connectivity index (χ0v) is 15.8. The number of aromatic nitrogens is 1. The van der Waals surface area contributed by atoms with Crippen LogP contribution in [-0.2, 0) is 4.74 Å². The van der Waals surface area contributed by atoms with E-state index in [2.05, 4.69) is 4.98 Å². The molecule has 1 amide bonds. The van der Waals surface area contributed by atoms with Crippen LogP contribution in [0.2, 0.25) is 5.02 Å². The minimum absolute atomic E-state index is 0.135. The van der Waals surface area contributed by atoms with Crippen molar-refractivity contribution in [2.75, 3.05) is 19.7 Å². The number of rotatable bonds is 3. The molecule has 0 bridgehead atoms. The Labute approximate surface area is 167 Å². The van der Waals surface area contributed by atoms with Crippen molar-refractivity contribution in [3.8, 4) is 11.1 Å². The first-order valence-electron chi connectivity index (χ1n) is 8.98. The maximum absolute atomic E-state index is 13.1. The fourth-order valence-corrected chi connectivity index (χ4v) is 3.41. The van der Waals surface area contributed by atoms with E-state index in [0.29, 0.717) is 30.3 Å². The van der Waals surface area contributed by atoms with Gasteiger partial charge in [0.15, 0.2) is 0 Å². The summed E-state index contributed by atoms with van der Waals surface area (Å²) in [6, 6.07) is 17.1. The average Bonchev–Trinajstić information content (AvgIpc) is 2.74. The van der Waals surface area contributed by atoms with Crippen molar-refractivity contribution in [3.63, 3.8) is 0 Å². The van der Waals surface area contributed by atoms with Gasteiger partial charge in [0.2, 0.25) is 0 Å². The van der Waals surface area contributed by atoms with Crippen LogP contribution in [0.5, 0.6) is 0 Å². The van der Waals surface area contributed by atoms with E-state index in [1.807, 2.05) is 36.4 Å². The molecule has 0 radical (unpaired) electrons. The first kappa shape index (κ1) is 18.6. The Hall–Kier alpha value is -2.76. The molecular formula is C22H18ClFN2O2. The van der Waals surface area contributed by atoms with Gasteiger partial charge in [-0.15, -0.1) is 0 Å². The summed E-state index contributed by atoms with van der Waals surface area (Å²) in [5.41, 5.74) is 3.18. The minimum atomic E-state index is -0.361. The molecule has 4 rings (SSSR count). The largest absolute Gasteiger partial charge is 0.368 e. The molecule has 1 atom stereocenters. The Bertz CT molecular complexity index is 977. The number of nitrogens with zero attached hydrogens (tertiary/aromatic N) is 2. The molecule has 6 heteroatoms. The van der Waals surface area contributed by atoms with E-state index in [1.165, 1.54) is 24.3 Å². The maximum atomic E-state index is 13.1. The molecule has 2 heterocycles. The normalized spacial score (nSPS) is 16.8. The molecule has 2 aromatic carbocycles. The third-order valence-corrected chi connectivity index (χ3v) is 4.95. The second kappa shape index (κ2) is 8.09. The Morgan fingerprint density at radius 2 is 1.93 bits per heavy atom. The van der Waals surface area contributed by atoms with Gasteiger partial charge in [0.05, 0.1) is 18.8 Å². The van der Waals surface area contributed by atoms with E-state index >= 15 is 0 Å². The Kier molecular flexibility index (Phi) is 5.37. The SMILES string of the molecule is O=C(c1ccc(F)cc1)N1CCO[C@H](c2ccc(-c3cccc(Cl)c3)cn2)C1. The van der Waals surface area contributed by atoms with Gasteiger partial charge in [-0.2, -0.15) is 0 Å². The molecule has 1 aliphatic heterocycles.